The highest BCUT2D eigenvalue weighted by atomic mass is 16.5. The highest BCUT2D eigenvalue weighted by Gasteiger charge is 2.32. The molecule has 0 aromatic heterocycles. The van der Waals surface area contributed by atoms with Crippen LogP contribution >= 0.6 is 0 Å². The summed E-state index contributed by atoms with van der Waals surface area (Å²) >= 11 is 0. The fraction of sp³-hybridized carbons (Fsp3) is 0.609. The fourth-order valence-electron chi connectivity index (χ4n) is 4.71. The molecule has 148 valence electrons. The van der Waals surface area contributed by atoms with Crippen LogP contribution in [0.5, 0.6) is 5.75 Å². The number of rotatable bonds is 8. The van der Waals surface area contributed by atoms with E-state index in [1.54, 1.807) is 7.11 Å². The summed E-state index contributed by atoms with van der Waals surface area (Å²) in [7, 11) is 1.60. The van der Waals surface area contributed by atoms with Gasteiger partial charge < -0.3 is 14.6 Å². The number of hydrogen-bond donors (Lipinski definition) is 1. The van der Waals surface area contributed by atoms with E-state index in [0.29, 0.717) is 18.6 Å². The maximum Gasteiger partial charge on any atom is 0.304 e. The Morgan fingerprint density at radius 3 is 2.48 bits per heavy atom. The molecule has 1 N–H and O–H groups in total. The van der Waals surface area contributed by atoms with Crippen molar-refractivity contribution in [1.29, 1.82) is 0 Å². The molecule has 2 aliphatic rings. The second kappa shape index (κ2) is 9.41. The monoisotopic (exact) mass is 372 g/mol. The van der Waals surface area contributed by atoms with E-state index in [1.165, 1.54) is 50.5 Å². The molecule has 2 aliphatic carbocycles. The predicted octanol–water partition coefficient (Wildman–Crippen LogP) is 5.33. The van der Waals surface area contributed by atoms with E-state index in [-0.39, 0.29) is 12.3 Å². The zero-order valence-corrected chi connectivity index (χ0v) is 16.4. The van der Waals surface area contributed by atoms with Crippen molar-refractivity contribution < 1.29 is 19.4 Å². The molecule has 0 amide bonds. The van der Waals surface area contributed by atoms with Crippen LogP contribution in [0.25, 0.3) is 0 Å². The first kappa shape index (κ1) is 19.9. The molecule has 1 atom stereocenters. The third kappa shape index (κ3) is 5.58. The first-order valence-corrected chi connectivity index (χ1v) is 10.2. The molecule has 0 bridgehead atoms. The topological polar surface area (TPSA) is 55.8 Å². The number of carbonyl (C=O) groups is 1. The highest BCUT2D eigenvalue weighted by Crippen LogP contribution is 2.45. The van der Waals surface area contributed by atoms with Gasteiger partial charge in [-0.05, 0) is 60.8 Å². The Labute approximate surface area is 162 Å². The summed E-state index contributed by atoms with van der Waals surface area (Å²) in [5, 5.41) is 9.07. The van der Waals surface area contributed by atoms with Crippen LogP contribution in [0.1, 0.15) is 69.3 Å². The first-order chi connectivity index (χ1) is 13.1. The molecule has 1 saturated carbocycles. The van der Waals surface area contributed by atoms with Crippen molar-refractivity contribution in [2.24, 2.45) is 5.41 Å². The summed E-state index contributed by atoms with van der Waals surface area (Å²) in [5.74, 6) is -0.0959. The lowest BCUT2D eigenvalue weighted by Gasteiger charge is -2.38. The Morgan fingerprint density at radius 1 is 1.11 bits per heavy atom. The SMILES string of the molecule is COCC(CC(=O)O)c1ccc(OCC2=CC3(CCCCC3)CCC2)cc1. The third-order valence-electron chi connectivity index (χ3n) is 6.10. The van der Waals surface area contributed by atoms with Gasteiger partial charge >= 0.3 is 5.97 Å². The van der Waals surface area contributed by atoms with Gasteiger partial charge in [-0.15, -0.1) is 0 Å². The van der Waals surface area contributed by atoms with Crippen LogP contribution in [0.2, 0.25) is 0 Å². The van der Waals surface area contributed by atoms with Crippen LogP contribution in [0.4, 0.5) is 0 Å². The van der Waals surface area contributed by atoms with Crippen molar-refractivity contribution in [3.05, 3.63) is 41.5 Å². The number of benzene rings is 1. The summed E-state index contributed by atoms with van der Waals surface area (Å²) in [6, 6.07) is 7.80. The molecule has 4 nitrogen and oxygen atoms in total. The molecule has 0 heterocycles. The number of hydrogen-bond acceptors (Lipinski definition) is 3. The Morgan fingerprint density at radius 2 is 1.81 bits per heavy atom. The summed E-state index contributed by atoms with van der Waals surface area (Å²) < 4.78 is 11.2. The van der Waals surface area contributed by atoms with Crippen LogP contribution in [0.15, 0.2) is 35.9 Å². The molecule has 3 rings (SSSR count). The van der Waals surface area contributed by atoms with Crippen molar-refractivity contribution in [3.8, 4) is 5.75 Å². The molecular formula is C23H32O4. The average molecular weight is 373 g/mol. The number of methoxy groups -OCH3 is 1. The smallest absolute Gasteiger partial charge is 0.304 e. The summed E-state index contributed by atoms with van der Waals surface area (Å²) in [5.41, 5.74) is 2.86. The number of carboxylic acid groups (broad SMARTS) is 1. The van der Waals surface area contributed by atoms with E-state index in [9.17, 15) is 4.79 Å². The molecule has 27 heavy (non-hydrogen) atoms. The zero-order valence-electron chi connectivity index (χ0n) is 16.4. The normalized spacial score (nSPS) is 20.1. The van der Waals surface area contributed by atoms with Gasteiger partial charge in [-0.2, -0.15) is 0 Å². The van der Waals surface area contributed by atoms with Crippen LogP contribution in [0, 0.1) is 5.41 Å². The largest absolute Gasteiger partial charge is 0.489 e. The Bertz CT molecular complexity index is 641. The molecule has 1 aromatic carbocycles. The van der Waals surface area contributed by atoms with E-state index in [2.05, 4.69) is 6.08 Å². The molecular weight excluding hydrogens is 340 g/mol. The number of aliphatic carboxylic acids is 1. The van der Waals surface area contributed by atoms with Crippen molar-refractivity contribution in [2.45, 2.75) is 63.7 Å². The predicted molar refractivity (Wildman–Crippen MR) is 106 cm³/mol. The Balaban J connectivity index is 1.59. The lowest BCUT2D eigenvalue weighted by molar-refractivity contribution is -0.137. The standard InChI is InChI=1S/C23H32O4/c1-26-17-20(14-22(24)25)19-7-9-21(10-8-19)27-16-18-6-5-13-23(15-18)11-3-2-4-12-23/h7-10,15,20H,2-6,11-14,16-17H2,1H3,(H,24,25). The number of carboxylic acids is 1. The number of ether oxygens (including phenoxy) is 2. The van der Waals surface area contributed by atoms with E-state index in [4.69, 9.17) is 14.6 Å². The highest BCUT2D eigenvalue weighted by molar-refractivity contribution is 5.68. The minimum Gasteiger partial charge on any atom is -0.489 e. The number of allylic oxidation sites excluding steroid dienone is 1. The molecule has 1 unspecified atom stereocenters. The van der Waals surface area contributed by atoms with E-state index in [0.717, 1.165) is 17.7 Å². The van der Waals surface area contributed by atoms with Crippen molar-refractivity contribution in [2.75, 3.05) is 20.3 Å². The lowest BCUT2D eigenvalue weighted by atomic mass is 9.67. The molecule has 1 aromatic rings. The van der Waals surface area contributed by atoms with Gasteiger partial charge in [-0.25, -0.2) is 0 Å². The van der Waals surface area contributed by atoms with Crippen LogP contribution < -0.4 is 4.74 Å². The molecule has 0 radical (unpaired) electrons. The molecule has 0 saturated heterocycles. The first-order valence-electron chi connectivity index (χ1n) is 10.2. The van der Waals surface area contributed by atoms with Gasteiger partial charge in [0.05, 0.1) is 13.0 Å². The average Bonchev–Trinajstić information content (AvgIpc) is 2.67. The van der Waals surface area contributed by atoms with Gasteiger partial charge in [0.1, 0.15) is 12.4 Å². The summed E-state index contributed by atoms with van der Waals surface area (Å²) in [6.07, 6.45) is 13.2. The second-order valence-corrected chi connectivity index (χ2v) is 8.19. The van der Waals surface area contributed by atoms with E-state index >= 15 is 0 Å². The molecule has 1 fully saturated rings. The van der Waals surface area contributed by atoms with Gasteiger partial charge in [0.25, 0.3) is 0 Å². The third-order valence-corrected chi connectivity index (χ3v) is 6.10. The van der Waals surface area contributed by atoms with Gasteiger partial charge in [0.15, 0.2) is 0 Å². The summed E-state index contributed by atoms with van der Waals surface area (Å²) in [6.45, 7) is 1.07. The van der Waals surface area contributed by atoms with Gasteiger partial charge in [-0.3, -0.25) is 4.79 Å². The maximum absolute atomic E-state index is 11.0. The zero-order chi connectivity index (χ0) is 19.1. The van der Waals surface area contributed by atoms with Crippen LogP contribution in [-0.4, -0.2) is 31.4 Å². The van der Waals surface area contributed by atoms with Gasteiger partial charge in [0, 0.05) is 13.0 Å². The fourth-order valence-corrected chi connectivity index (χ4v) is 4.71. The van der Waals surface area contributed by atoms with E-state index < -0.39 is 5.97 Å². The van der Waals surface area contributed by atoms with Crippen LogP contribution in [0.3, 0.4) is 0 Å². The quantitative estimate of drug-likeness (QED) is 0.627. The second-order valence-electron chi connectivity index (χ2n) is 8.19. The lowest BCUT2D eigenvalue weighted by Crippen LogP contribution is -2.25. The van der Waals surface area contributed by atoms with Gasteiger partial charge in [0.2, 0.25) is 0 Å². The Hall–Kier alpha value is -1.81. The molecule has 4 heteroatoms. The Kier molecular flexibility index (Phi) is 6.95. The van der Waals surface area contributed by atoms with Crippen molar-refractivity contribution in [3.63, 3.8) is 0 Å². The molecule has 1 spiro atoms. The maximum atomic E-state index is 11.0. The minimum atomic E-state index is -0.807. The van der Waals surface area contributed by atoms with E-state index in [1.807, 2.05) is 24.3 Å². The summed E-state index contributed by atoms with van der Waals surface area (Å²) in [4.78, 5) is 11.0. The minimum absolute atomic E-state index is 0.0724. The van der Waals surface area contributed by atoms with Crippen molar-refractivity contribution in [1.82, 2.24) is 0 Å². The van der Waals surface area contributed by atoms with Gasteiger partial charge in [-0.1, -0.05) is 37.5 Å². The van der Waals surface area contributed by atoms with Crippen LogP contribution in [-0.2, 0) is 9.53 Å². The molecule has 0 aliphatic heterocycles. The van der Waals surface area contributed by atoms with Crippen molar-refractivity contribution >= 4 is 5.97 Å².